The zero-order chi connectivity index (χ0) is 16.4. The van der Waals surface area contributed by atoms with Crippen molar-refractivity contribution in [2.75, 3.05) is 13.1 Å². The highest BCUT2D eigenvalue weighted by Crippen LogP contribution is 2.28. The van der Waals surface area contributed by atoms with Gasteiger partial charge in [0, 0.05) is 18.0 Å². The maximum absolute atomic E-state index is 12.5. The van der Waals surface area contributed by atoms with E-state index in [0.29, 0.717) is 22.9 Å². The molecular formula is C17H17ClF3NO2. The normalized spacial score (nSPS) is 18.0. The standard InChI is InChI=1S/C17H16F3NO2.ClH/c18-17(19,20)23-15-6-5-11-8-13(4-3-12(11)9-15)16(22)14-2-1-7-21-10-14;/h3-6,8-9,14,21H,1-2,7,10H2;1H. The molecule has 2 aromatic rings. The number of alkyl halides is 3. The summed E-state index contributed by atoms with van der Waals surface area (Å²) in [6.45, 7) is 1.61. The Balaban J connectivity index is 0.00000208. The minimum Gasteiger partial charge on any atom is -0.406 e. The molecule has 0 radical (unpaired) electrons. The number of halogens is 4. The van der Waals surface area contributed by atoms with Gasteiger partial charge in [-0.15, -0.1) is 25.6 Å². The molecule has 1 aliphatic rings. The topological polar surface area (TPSA) is 38.3 Å². The van der Waals surface area contributed by atoms with Crippen LogP contribution < -0.4 is 10.1 Å². The SMILES string of the molecule is Cl.O=C(c1ccc2cc(OC(F)(F)F)ccc2c1)C1CCCNC1. The van der Waals surface area contributed by atoms with Crippen LogP contribution in [0.3, 0.4) is 0 Å². The van der Waals surface area contributed by atoms with Crippen LogP contribution in [0.2, 0.25) is 0 Å². The Hall–Kier alpha value is -1.79. The van der Waals surface area contributed by atoms with Crippen molar-refractivity contribution in [2.24, 2.45) is 5.92 Å². The number of ether oxygens (including phenoxy) is 1. The van der Waals surface area contributed by atoms with Gasteiger partial charge < -0.3 is 10.1 Å². The fourth-order valence-corrected chi connectivity index (χ4v) is 2.89. The molecule has 3 rings (SSSR count). The quantitative estimate of drug-likeness (QED) is 0.828. The van der Waals surface area contributed by atoms with E-state index >= 15 is 0 Å². The Morgan fingerprint density at radius 2 is 1.83 bits per heavy atom. The van der Waals surface area contributed by atoms with Crippen LogP contribution in [0, 0.1) is 5.92 Å². The second-order valence-corrected chi connectivity index (χ2v) is 5.68. The van der Waals surface area contributed by atoms with Gasteiger partial charge in [0.25, 0.3) is 0 Å². The molecule has 0 spiro atoms. The minimum absolute atomic E-state index is 0. The molecule has 1 saturated heterocycles. The van der Waals surface area contributed by atoms with E-state index in [1.807, 2.05) is 0 Å². The third-order valence-electron chi connectivity index (χ3n) is 4.00. The van der Waals surface area contributed by atoms with Crippen LogP contribution in [-0.2, 0) is 0 Å². The Bertz CT molecular complexity index is 727. The minimum atomic E-state index is -4.71. The van der Waals surface area contributed by atoms with Gasteiger partial charge in [-0.1, -0.05) is 18.2 Å². The van der Waals surface area contributed by atoms with E-state index in [2.05, 4.69) is 10.1 Å². The first kappa shape index (κ1) is 18.5. The molecule has 1 unspecified atom stereocenters. The van der Waals surface area contributed by atoms with E-state index in [9.17, 15) is 18.0 Å². The maximum atomic E-state index is 12.5. The maximum Gasteiger partial charge on any atom is 0.573 e. The molecule has 0 aliphatic carbocycles. The first-order valence-corrected chi connectivity index (χ1v) is 7.47. The van der Waals surface area contributed by atoms with Gasteiger partial charge in [0.1, 0.15) is 5.75 Å². The Morgan fingerprint density at radius 3 is 2.50 bits per heavy atom. The Kier molecular flexibility index (Phi) is 5.72. The van der Waals surface area contributed by atoms with Gasteiger partial charge in [0.2, 0.25) is 0 Å². The van der Waals surface area contributed by atoms with Crippen LogP contribution in [0.25, 0.3) is 10.8 Å². The van der Waals surface area contributed by atoms with Crippen molar-refractivity contribution in [1.82, 2.24) is 5.32 Å². The first-order chi connectivity index (χ1) is 10.9. The lowest BCUT2D eigenvalue weighted by Gasteiger charge is -2.21. The predicted octanol–water partition coefficient (Wildman–Crippen LogP) is 4.34. The molecule has 1 heterocycles. The van der Waals surface area contributed by atoms with Crippen molar-refractivity contribution in [1.29, 1.82) is 0 Å². The molecule has 0 aromatic heterocycles. The number of benzene rings is 2. The molecule has 0 saturated carbocycles. The highest BCUT2D eigenvalue weighted by molar-refractivity contribution is 6.01. The highest BCUT2D eigenvalue weighted by atomic mass is 35.5. The molecule has 2 aromatic carbocycles. The van der Waals surface area contributed by atoms with Crippen molar-refractivity contribution < 1.29 is 22.7 Å². The molecule has 24 heavy (non-hydrogen) atoms. The van der Waals surface area contributed by atoms with Crippen LogP contribution in [0.15, 0.2) is 36.4 Å². The van der Waals surface area contributed by atoms with Gasteiger partial charge in [-0.2, -0.15) is 0 Å². The zero-order valence-electron chi connectivity index (χ0n) is 12.7. The van der Waals surface area contributed by atoms with Crippen LogP contribution in [0.5, 0.6) is 5.75 Å². The summed E-state index contributed by atoms with van der Waals surface area (Å²) < 4.78 is 40.6. The number of ketones is 1. The van der Waals surface area contributed by atoms with E-state index in [0.717, 1.165) is 19.4 Å². The largest absolute Gasteiger partial charge is 0.573 e. The molecule has 0 bridgehead atoms. The van der Waals surface area contributed by atoms with Gasteiger partial charge in [-0.05, 0) is 48.4 Å². The fourth-order valence-electron chi connectivity index (χ4n) is 2.89. The van der Waals surface area contributed by atoms with Crippen LogP contribution >= 0.6 is 12.4 Å². The number of piperidine rings is 1. The number of hydrogen-bond donors (Lipinski definition) is 1. The van der Waals surface area contributed by atoms with Crippen LogP contribution in [0.4, 0.5) is 13.2 Å². The molecule has 7 heteroatoms. The van der Waals surface area contributed by atoms with Gasteiger partial charge >= 0.3 is 6.36 Å². The number of hydrogen-bond acceptors (Lipinski definition) is 3. The number of fused-ring (bicyclic) bond motifs is 1. The summed E-state index contributed by atoms with van der Waals surface area (Å²) >= 11 is 0. The molecule has 130 valence electrons. The summed E-state index contributed by atoms with van der Waals surface area (Å²) in [5.41, 5.74) is 0.593. The summed E-state index contributed by atoms with van der Waals surface area (Å²) in [5, 5.41) is 4.53. The summed E-state index contributed by atoms with van der Waals surface area (Å²) in [6, 6.07) is 9.15. The summed E-state index contributed by atoms with van der Waals surface area (Å²) in [7, 11) is 0. The molecule has 3 nitrogen and oxygen atoms in total. The lowest BCUT2D eigenvalue weighted by Crippen LogP contribution is -2.34. The van der Waals surface area contributed by atoms with E-state index in [4.69, 9.17) is 0 Å². The van der Waals surface area contributed by atoms with Gasteiger partial charge in [-0.25, -0.2) is 0 Å². The van der Waals surface area contributed by atoms with Crippen molar-refractivity contribution in [3.05, 3.63) is 42.0 Å². The lowest BCUT2D eigenvalue weighted by molar-refractivity contribution is -0.274. The summed E-state index contributed by atoms with van der Waals surface area (Å²) in [5.74, 6) is -0.218. The molecule has 1 aliphatic heterocycles. The van der Waals surface area contributed by atoms with E-state index in [1.165, 1.54) is 18.2 Å². The second-order valence-electron chi connectivity index (χ2n) is 5.68. The average molecular weight is 360 g/mol. The Labute approximate surface area is 143 Å². The van der Waals surface area contributed by atoms with Crippen LogP contribution in [0.1, 0.15) is 23.2 Å². The van der Waals surface area contributed by atoms with E-state index < -0.39 is 6.36 Å². The summed E-state index contributed by atoms with van der Waals surface area (Å²) in [6.07, 6.45) is -2.87. The fraction of sp³-hybridized carbons (Fsp3) is 0.353. The van der Waals surface area contributed by atoms with Crippen LogP contribution in [-0.4, -0.2) is 25.2 Å². The molecular weight excluding hydrogens is 343 g/mol. The average Bonchev–Trinajstić information content (AvgIpc) is 2.53. The number of nitrogens with one attached hydrogen (secondary N) is 1. The Morgan fingerprint density at radius 1 is 1.12 bits per heavy atom. The zero-order valence-corrected chi connectivity index (χ0v) is 13.5. The summed E-state index contributed by atoms with van der Waals surface area (Å²) in [4.78, 5) is 12.5. The number of rotatable bonds is 3. The number of Topliss-reactive ketones (excluding diaryl/α,β-unsaturated/α-hetero) is 1. The van der Waals surface area contributed by atoms with Crippen molar-refractivity contribution in [3.63, 3.8) is 0 Å². The smallest absolute Gasteiger partial charge is 0.406 e. The van der Waals surface area contributed by atoms with Gasteiger partial charge in [-0.3, -0.25) is 4.79 Å². The monoisotopic (exact) mass is 359 g/mol. The first-order valence-electron chi connectivity index (χ1n) is 7.47. The van der Waals surface area contributed by atoms with Crippen molar-refractivity contribution in [3.8, 4) is 5.75 Å². The molecule has 1 atom stereocenters. The number of carbonyl (C=O) groups is 1. The van der Waals surface area contributed by atoms with Gasteiger partial charge in [0.15, 0.2) is 5.78 Å². The predicted molar refractivity (Wildman–Crippen MR) is 87.8 cm³/mol. The molecule has 1 N–H and O–H groups in total. The molecule has 1 fully saturated rings. The van der Waals surface area contributed by atoms with Crippen molar-refractivity contribution in [2.45, 2.75) is 19.2 Å². The van der Waals surface area contributed by atoms with Gasteiger partial charge in [0.05, 0.1) is 0 Å². The van der Waals surface area contributed by atoms with E-state index in [-0.39, 0.29) is 29.9 Å². The third kappa shape index (κ3) is 4.39. The third-order valence-corrected chi connectivity index (χ3v) is 4.00. The number of carbonyl (C=O) groups excluding carboxylic acids is 1. The molecule has 0 amide bonds. The second kappa shape index (κ2) is 7.40. The van der Waals surface area contributed by atoms with E-state index in [1.54, 1.807) is 18.2 Å². The highest BCUT2D eigenvalue weighted by Gasteiger charge is 2.31. The lowest BCUT2D eigenvalue weighted by atomic mass is 9.90. The van der Waals surface area contributed by atoms with Crippen molar-refractivity contribution >= 4 is 29.0 Å².